The van der Waals surface area contributed by atoms with Crippen LogP contribution in [0.2, 0.25) is 0 Å². The molecule has 0 radical (unpaired) electrons. The van der Waals surface area contributed by atoms with Crippen molar-refractivity contribution in [2.75, 3.05) is 6.61 Å². The number of carbonyl (C=O) groups is 2. The lowest BCUT2D eigenvalue weighted by molar-refractivity contribution is -0.158. The normalized spacial score (nSPS) is 22.5. The Morgan fingerprint density at radius 1 is 1.37 bits per heavy atom. The summed E-state index contributed by atoms with van der Waals surface area (Å²) < 4.78 is 18.0. The fraction of sp³-hybridized carbons (Fsp3) is 0.467. The molecule has 2 rings (SSSR count). The van der Waals surface area contributed by atoms with Crippen molar-refractivity contribution in [1.29, 1.82) is 0 Å². The predicted molar refractivity (Wildman–Crippen MR) is 68.0 cm³/mol. The van der Waals surface area contributed by atoms with E-state index in [2.05, 4.69) is 0 Å². The number of carbonyl (C=O) groups excluding carboxylic acids is 2. The summed E-state index contributed by atoms with van der Waals surface area (Å²) in [5.41, 5.74) is -0.280. The van der Waals surface area contributed by atoms with Gasteiger partial charge in [-0.15, -0.1) is 0 Å². The topological polar surface area (TPSA) is 43.4 Å². The van der Waals surface area contributed by atoms with Gasteiger partial charge in [-0.3, -0.25) is 9.59 Å². The molecule has 0 saturated heterocycles. The largest absolute Gasteiger partial charge is 0.465 e. The monoisotopic (exact) mass is 264 g/mol. The van der Waals surface area contributed by atoms with Crippen LogP contribution in [0, 0.1) is 11.2 Å². The van der Waals surface area contributed by atoms with Gasteiger partial charge in [0.2, 0.25) is 0 Å². The van der Waals surface area contributed by atoms with Crippen molar-refractivity contribution < 1.29 is 18.7 Å². The Balaban J connectivity index is 2.26. The number of halogens is 1. The minimum absolute atomic E-state index is 0.0599. The van der Waals surface area contributed by atoms with E-state index in [1.54, 1.807) is 19.1 Å². The predicted octanol–water partition coefficient (Wildman–Crippen LogP) is 2.67. The molecule has 0 amide bonds. The minimum atomic E-state index is -1.06. The first-order valence-electron chi connectivity index (χ1n) is 6.53. The van der Waals surface area contributed by atoms with Gasteiger partial charge in [-0.05, 0) is 43.9 Å². The molecule has 1 saturated carbocycles. The molecule has 0 N–H and O–H groups in total. The molecule has 0 aromatic heterocycles. The van der Waals surface area contributed by atoms with Crippen LogP contribution in [0.1, 0.15) is 31.7 Å². The van der Waals surface area contributed by atoms with Gasteiger partial charge in [0.05, 0.1) is 6.61 Å². The first-order valence-corrected chi connectivity index (χ1v) is 6.53. The van der Waals surface area contributed by atoms with Crippen LogP contribution in [0.3, 0.4) is 0 Å². The summed E-state index contributed by atoms with van der Waals surface area (Å²) in [5, 5.41) is 0. The van der Waals surface area contributed by atoms with Gasteiger partial charge < -0.3 is 4.74 Å². The van der Waals surface area contributed by atoms with Gasteiger partial charge in [0.1, 0.15) is 11.2 Å². The third kappa shape index (κ3) is 2.67. The zero-order chi connectivity index (χ0) is 13.9. The van der Waals surface area contributed by atoms with Crippen molar-refractivity contribution in [2.24, 2.45) is 5.41 Å². The van der Waals surface area contributed by atoms with E-state index in [1.165, 1.54) is 12.1 Å². The van der Waals surface area contributed by atoms with E-state index in [0.717, 1.165) is 5.56 Å². The van der Waals surface area contributed by atoms with E-state index >= 15 is 0 Å². The number of esters is 1. The van der Waals surface area contributed by atoms with Crippen LogP contribution in [0.5, 0.6) is 0 Å². The third-order valence-electron chi connectivity index (χ3n) is 3.63. The molecular weight excluding hydrogens is 247 g/mol. The third-order valence-corrected chi connectivity index (χ3v) is 3.63. The van der Waals surface area contributed by atoms with Crippen LogP contribution >= 0.6 is 0 Å². The summed E-state index contributed by atoms with van der Waals surface area (Å²) in [7, 11) is 0. The second-order valence-electron chi connectivity index (χ2n) is 4.88. The highest BCUT2D eigenvalue weighted by atomic mass is 19.1. The number of ketones is 1. The molecule has 0 aliphatic heterocycles. The lowest BCUT2D eigenvalue weighted by Crippen LogP contribution is -2.39. The second-order valence-corrected chi connectivity index (χ2v) is 4.88. The number of ether oxygens (including phenoxy) is 1. The highest BCUT2D eigenvalue weighted by Crippen LogP contribution is 2.39. The average Bonchev–Trinajstić information content (AvgIpc) is 2.75. The Hall–Kier alpha value is -1.71. The summed E-state index contributed by atoms with van der Waals surface area (Å²) in [5.74, 6) is -0.830. The van der Waals surface area contributed by atoms with Crippen LogP contribution in [0.25, 0.3) is 0 Å². The van der Waals surface area contributed by atoms with E-state index < -0.39 is 11.4 Å². The van der Waals surface area contributed by atoms with Gasteiger partial charge in [-0.2, -0.15) is 0 Å². The number of hydrogen-bond donors (Lipinski definition) is 0. The van der Waals surface area contributed by atoms with Crippen molar-refractivity contribution in [1.82, 2.24) is 0 Å². The fourth-order valence-electron chi connectivity index (χ4n) is 2.62. The molecule has 1 atom stereocenters. The second kappa shape index (κ2) is 5.51. The fourth-order valence-corrected chi connectivity index (χ4v) is 2.62. The molecule has 1 aliphatic rings. The van der Waals surface area contributed by atoms with E-state index in [1.807, 2.05) is 0 Å². The quantitative estimate of drug-likeness (QED) is 0.620. The molecule has 0 bridgehead atoms. The first-order chi connectivity index (χ1) is 9.08. The zero-order valence-electron chi connectivity index (χ0n) is 10.9. The molecule has 1 aromatic rings. The molecule has 0 spiro atoms. The number of benzene rings is 1. The highest BCUT2D eigenvalue weighted by Gasteiger charge is 2.49. The summed E-state index contributed by atoms with van der Waals surface area (Å²) in [6.07, 6.45) is 1.94. The molecule has 102 valence electrons. The highest BCUT2D eigenvalue weighted by molar-refractivity contribution is 6.05. The van der Waals surface area contributed by atoms with Crippen molar-refractivity contribution in [3.63, 3.8) is 0 Å². The Labute approximate surface area is 111 Å². The van der Waals surface area contributed by atoms with Gasteiger partial charge in [0.15, 0.2) is 5.78 Å². The van der Waals surface area contributed by atoms with Crippen molar-refractivity contribution in [3.05, 3.63) is 35.6 Å². The van der Waals surface area contributed by atoms with Crippen molar-refractivity contribution >= 4 is 11.8 Å². The summed E-state index contributed by atoms with van der Waals surface area (Å²) in [6, 6.07) is 5.91. The Morgan fingerprint density at radius 2 is 2.05 bits per heavy atom. The van der Waals surface area contributed by atoms with Crippen LogP contribution in [0.4, 0.5) is 4.39 Å². The maximum absolute atomic E-state index is 12.9. The lowest BCUT2D eigenvalue weighted by atomic mass is 9.79. The van der Waals surface area contributed by atoms with Gasteiger partial charge in [0.25, 0.3) is 0 Å². The molecule has 1 fully saturated rings. The van der Waals surface area contributed by atoms with E-state index in [-0.39, 0.29) is 18.2 Å². The Morgan fingerprint density at radius 3 is 2.58 bits per heavy atom. The van der Waals surface area contributed by atoms with Crippen LogP contribution in [0.15, 0.2) is 24.3 Å². The molecule has 19 heavy (non-hydrogen) atoms. The number of Topliss-reactive ketones (excluding diaryl/α,β-unsaturated/α-hetero) is 1. The minimum Gasteiger partial charge on any atom is -0.465 e. The number of rotatable bonds is 4. The van der Waals surface area contributed by atoms with Gasteiger partial charge in [0, 0.05) is 6.42 Å². The van der Waals surface area contributed by atoms with Gasteiger partial charge in [-0.1, -0.05) is 12.1 Å². The standard InChI is InChI=1S/C15H17FO3/c1-2-19-14(18)15(9-3-4-13(15)17)10-11-5-7-12(16)8-6-11/h5-8H,2-4,9-10H2,1H3. The smallest absolute Gasteiger partial charge is 0.319 e. The van der Waals surface area contributed by atoms with Crippen LogP contribution in [-0.2, 0) is 20.7 Å². The van der Waals surface area contributed by atoms with Crippen LogP contribution < -0.4 is 0 Å². The molecule has 0 heterocycles. The average molecular weight is 264 g/mol. The lowest BCUT2D eigenvalue weighted by Gasteiger charge is -2.25. The Bertz CT molecular complexity index is 481. The maximum atomic E-state index is 12.9. The molecule has 1 unspecified atom stereocenters. The van der Waals surface area contributed by atoms with Gasteiger partial charge >= 0.3 is 5.97 Å². The summed E-state index contributed by atoms with van der Waals surface area (Å²) in [6.45, 7) is 1.99. The summed E-state index contributed by atoms with van der Waals surface area (Å²) >= 11 is 0. The van der Waals surface area contributed by atoms with Crippen molar-refractivity contribution in [2.45, 2.75) is 32.6 Å². The maximum Gasteiger partial charge on any atom is 0.319 e. The molecule has 1 aliphatic carbocycles. The molecule has 4 heteroatoms. The van der Waals surface area contributed by atoms with E-state index in [4.69, 9.17) is 4.74 Å². The van der Waals surface area contributed by atoms with Crippen LogP contribution in [-0.4, -0.2) is 18.4 Å². The van der Waals surface area contributed by atoms with E-state index in [9.17, 15) is 14.0 Å². The molecule has 1 aromatic carbocycles. The van der Waals surface area contributed by atoms with E-state index in [0.29, 0.717) is 25.7 Å². The molecule has 3 nitrogen and oxygen atoms in total. The summed E-state index contributed by atoms with van der Waals surface area (Å²) in [4.78, 5) is 24.2. The first kappa shape index (κ1) is 13.7. The Kier molecular flexibility index (Phi) is 3.98. The zero-order valence-corrected chi connectivity index (χ0v) is 10.9. The SMILES string of the molecule is CCOC(=O)C1(Cc2ccc(F)cc2)CCCC1=O. The van der Waals surface area contributed by atoms with Crippen molar-refractivity contribution in [3.8, 4) is 0 Å². The van der Waals surface area contributed by atoms with Gasteiger partial charge in [-0.25, -0.2) is 4.39 Å². The number of hydrogen-bond acceptors (Lipinski definition) is 3. The molecular formula is C15H17FO3.